The average Bonchev–Trinajstić information content (AvgIpc) is 3.68. The number of nitrogens with two attached hydrogens (primary N) is 1. The van der Waals surface area contributed by atoms with Gasteiger partial charge in [-0.25, -0.2) is 4.79 Å². The van der Waals surface area contributed by atoms with Crippen LogP contribution < -0.4 is 37.6 Å². The topological polar surface area (TPSA) is 419 Å². The van der Waals surface area contributed by atoms with Gasteiger partial charge >= 0.3 is 17.9 Å². The van der Waals surface area contributed by atoms with Crippen LogP contribution in [-0.2, 0) is 66.8 Å². The zero-order chi connectivity index (χ0) is 49.7. The number of fused-ring (bicyclic) bond motifs is 2. The summed E-state index contributed by atoms with van der Waals surface area (Å²) in [6.07, 6.45) is -13.7. The summed E-state index contributed by atoms with van der Waals surface area (Å²) in [6.45, 7) is 7.03. The molecule has 0 saturated carbocycles. The number of ether oxygens (including phenoxy) is 5. The van der Waals surface area contributed by atoms with Crippen molar-refractivity contribution in [3.63, 3.8) is 0 Å². The highest BCUT2D eigenvalue weighted by molar-refractivity contribution is 5.92. The minimum Gasteiger partial charge on any atom is -0.480 e. The second-order valence-electron chi connectivity index (χ2n) is 16.6. The maximum Gasteiger partial charge on any atom is 0.326 e. The van der Waals surface area contributed by atoms with E-state index in [9.17, 15) is 68.7 Å². The summed E-state index contributed by atoms with van der Waals surface area (Å²) in [6, 6.07) is -9.63. The third kappa shape index (κ3) is 15.5. The van der Waals surface area contributed by atoms with Gasteiger partial charge in [0.25, 0.3) is 0 Å². The van der Waals surface area contributed by atoms with Crippen molar-refractivity contribution < 1.29 is 97.5 Å². The second kappa shape index (κ2) is 25.1. The smallest absolute Gasteiger partial charge is 0.326 e. The lowest BCUT2D eigenvalue weighted by molar-refractivity contribution is -0.313. The van der Waals surface area contributed by atoms with Crippen LogP contribution in [0.2, 0.25) is 0 Å². The van der Waals surface area contributed by atoms with Crippen LogP contribution in [0.15, 0.2) is 0 Å². The lowest BCUT2D eigenvalue weighted by atomic mass is 9.95. The molecule has 374 valence electrons. The predicted octanol–water partition coefficient (Wildman–Crippen LogP) is -5.50. The van der Waals surface area contributed by atoms with Crippen molar-refractivity contribution in [3.05, 3.63) is 0 Å². The summed E-state index contributed by atoms with van der Waals surface area (Å²) < 4.78 is 29.8. The fourth-order valence-electron chi connectivity index (χ4n) is 7.30. The SMILES string of the molecule is CC(=O)N[C@H]1[C@H](O[C@H]2[C@H](O[C@H](C)C(=O)N[C@H](C(=O)N[C@H](CCC(=O)N[C@@H](CCC[C@@H](N)C(=O)O)C(=O)N[C@H](C)C(=O)O)C(=O)O)C(C)C)[C@@H](NC(C)=O)C3OC[C@H]2O3)O[C@H](CO)[C@@H](O)[C@@H]1O. The minimum absolute atomic E-state index is 0.0280. The van der Waals surface area contributed by atoms with Crippen LogP contribution in [0.3, 0.4) is 0 Å². The van der Waals surface area contributed by atoms with Crippen LogP contribution in [0.5, 0.6) is 0 Å². The lowest BCUT2D eigenvalue weighted by Crippen LogP contribution is -2.68. The average molecular weight is 950 g/mol. The number of rotatable bonds is 25. The molecule has 3 heterocycles. The number of aliphatic hydroxyl groups is 3. The zero-order valence-corrected chi connectivity index (χ0v) is 37.2. The van der Waals surface area contributed by atoms with Gasteiger partial charge in [-0.1, -0.05) is 13.8 Å². The number of amides is 6. The van der Waals surface area contributed by atoms with Gasteiger partial charge in [-0.05, 0) is 45.4 Å². The molecule has 3 aliphatic heterocycles. The highest BCUT2D eigenvalue weighted by atomic mass is 16.8. The number of hydrogen-bond donors (Lipinski definition) is 13. The highest BCUT2D eigenvalue weighted by Gasteiger charge is 2.56. The van der Waals surface area contributed by atoms with Crippen molar-refractivity contribution in [1.29, 1.82) is 0 Å². The molecule has 66 heavy (non-hydrogen) atoms. The molecule has 3 saturated heterocycles. The fraction of sp³-hybridized carbons (Fsp3) is 0.769. The van der Waals surface area contributed by atoms with Crippen molar-refractivity contribution >= 4 is 53.4 Å². The molecule has 27 heteroatoms. The lowest BCUT2D eigenvalue weighted by Gasteiger charge is -2.47. The summed E-state index contributed by atoms with van der Waals surface area (Å²) >= 11 is 0. The number of carboxylic acid groups (broad SMARTS) is 3. The maximum absolute atomic E-state index is 13.8. The summed E-state index contributed by atoms with van der Waals surface area (Å²) in [5.41, 5.74) is 5.52. The number of carboxylic acids is 3. The summed E-state index contributed by atoms with van der Waals surface area (Å²) in [7, 11) is 0. The molecule has 0 radical (unpaired) electrons. The molecule has 3 aliphatic rings. The molecule has 3 fully saturated rings. The third-order valence-electron chi connectivity index (χ3n) is 10.9. The van der Waals surface area contributed by atoms with E-state index in [1.165, 1.54) is 20.8 Å². The van der Waals surface area contributed by atoms with Crippen LogP contribution in [0.1, 0.15) is 73.6 Å². The maximum atomic E-state index is 13.8. The van der Waals surface area contributed by atoms with Gasteiger partial charge in [-0.2, -0.15) is 0 Å². The summed E-state index contributed by atoms with van der Waals surface area (Å²) in [4.78, 5) is 112. The van der Waals surface area contributed by atoms with Crippen LogP contribution in [0.25, 0.3) is 0 Å². The molecule has 0 aromatic heterocycles. The quantitative estimate of drug-likeness (QED) is 0.0406. The van der Waals surface area contributed by atoms with E-state index >= 15 is 0 Å². The Morgan fingerprint density at radius 2 is 1.35 bits per heavy atom. The first-order chi connectivity index (χ1) is 30.9. The van der Waals surface area contributed by atoms with E-state index in [4.69, 9.17) is 34.5 Å². The minimum atomic E-state index is -1.70. The van der Waals surface area contributed by atoms with E-state index < -0.39 is 176 Å². The van der Waals surface area contributed by atoms with Gasteiger partial charge in [0.1, 0.15) is 85.0 Å². The van der Waals surface area contributed by atoms with Crippen molar-refractivity contribution in [1.82, 2.24) is 31.9 Å². The molecule has 0 aliphatic carbocycles. The summed E-state index contributed by atoms with van der Waals surface area (Å²) in [5, 5.41) is 73.9. The standard InChI is InChI=1S/C39H63N7O20/c1-14(2)25(34(55)45-21(37(60)61)10-11-24(50)44-20(9-7-8-19(40)36(58)59)33(54)41-15(3)35(56)57)46-32(53)16(4)63-31-27(43-18(6)49)38-62-13-23(65-38)30(31)66-39-26(42-17(5)48)29(52)28(51)22(12-47)64-39/h14-16,19-23,25-31,38-39,47,51-52H,7-13,40H2,1-6H3,(H,41,54)(H,42,48)(H,43,49)(H,44,50)(H,45,55)(H,46,53)(H,56,57)(H,58,59)(H,60,61)/t15-,16-,19-,20+,21-,22-,23-,25+,26-,27-,28-,29-,30-,31-,38?,39+/m1/s1. The molecular weight excluding hydrogens is 886 g/mol. The first-order valence-corrected chi connectivity index (χ1v) is 21.3. The second-order valence-corrected chi connectivity index (χ2v) is 16.6. The van der Waals surface area contributed by atoms with E-state index in [0.717, 1.165) is 6.92 Å². The molecule has 0 aromatic carbocycles. The van der Waals surface area contributed by atoms with Gasteiger partial charge in [0.2, 0.25) is 35.4 Å². The Bertz CT molecular complexity index is 1760. The third-order valence-corrected chi connectivity index (χ3v) is 10.9. The monoisotopic (exact) mass is 949 g/mol. The Morgan fingerprint density at radius 1 is 0.712 bits per heavy atom. The predicted molar refractivity (Wildman–Crippen MR) is 219 cm³/mol. The molecule has 16 atom stereocenters. The Hall–Kier alpha value is -5.13. The highest BCUT2D eigenvalue weighted by Crippen LogP contribution is 2.35. The Morgan fingerprint density at radius 3 is 1.91 bits per heavy atom. The molecule has 14 N–H and O–H groups in total. The first kappa shape index (κ1) is 55.2. The van der Waals surface area contributed by atoms with Crippen LogP contribution in [0, 0.1) is 5.92 Å². The molecule has 2 bridgehead atoms. The number of carbonyl (C=O) groups excluding carboxylic acids is 6. The van der Waals surface area contributed by atoms with Gasteiger partial charge in [-0.3, -0.25) is 38.4 Å². The molecule has 0 spiro atoms. The van der Waals surface area contributed by atoms with E-state index in [2.05, 4.69) is 31.9 Å². The van der Waals surface area contributed by atoms with Gasteiger partial charge in [0.05, 0.1) is 13.2 Å². The molecule has 0 aromatic rings. The van der Waals surface area contributed by atoms with Gasteiger partial charge in [-0.15, -0.1) is 0 Å². The number of nitrogens with one attached hydrogen (secondary N) is 6. The van der Waals surface area contributed by atoms with Crippen molar-refractivity contribution in [2.45, 2.75) is 171 Å². The Kier molecular flexibility index (Phi) is 21.0. The molecule has 6 amide bonds. The normalized spacial score (nSPS) is 28.6. The van der Waals surface area contributed by atoms with Crippen molar-refractivity contribution in [2.75, 3.05) is 13.2 Å². The van der Waals surface area contributed by atoms with Crippen LogP contribution >= 0.6 is 0 Å². The van der Waals surface area contributed by atoms with Crippen LogP contribution in [0.4, 0.5) is 0 Å². The number of carbonyl (C=O) groups is 9. The van der Waals surface area contributed by atoms with Crippen LogP contribution in [-0.4, -0.2) is 195 Å². The summed E-state index contributed by atoms with van der Waals surface area (Å²) in [5.74, 6) is -9.75. The van der Waals surface area contributed by atoms with Crippen molar-refractivity contribution in [2.24, 2.45) is 11.7 Å². The molecular formula is C39H63N7O20. The Labute approximate surface area is 378 Å². The van der Waals surface area contributed by atoms with Gasteiger partial charge < -0.3 is 92.0 Å². The largest absolute Gasteiger partial charge is 0.480 e. The first-order valence-electron chi connectivity index (χ1n) is 21.3. The zero-order valence-electron chi connectivity index (χ0n) is 37.2. The van der Waals surface area contributed by atoms with Crippen molar-refractivity contribution in [3.8, 4) is 0 Å². The van der Waals surface area contributed by atoms with E-state index in [0.29, 0.717) is 0 Å². The van der Waals surface area contributed by atoms with E-state index in [1.54, 1.807) is 13.8 Å². The molecule has 3 rings (SSSR count). The van der Waals surface area contributed by atoms with Gasteiger partial charge in [0.15, 0.2) is 12.6 Å². The molecule has 27 nitrogen and oxygen atoms in total. The number of hydrogen-bond acceptors (Lipinski definition) is 18. The number of aliphatic carboxylic acids is 3. The van der Waals surface area contributed by atoms with E-state index in [-0.39, 0.29) is 25.9 Å². The number of aliphatic hydroxyl groups excluding tert-OH is 3. The van der Waals surface area contributed by atoms with E-state index in [1.807, 2.05) is 0 Å². The van der Waals surface area contributed by atoms with Gasteiger partial charge in [0, 0.05) is 20.3 Å². The molecule has 1 unspecified atom stereocenters. The fourth-order valence-corrected chi connectivity index (χ4v) is 7.30. The Balaban J connectivity index is 1.75.